The SMILES string of the molecule is C.C=CC.C=CC.CC.CC.CC.CC.CC.CC.[Ta].[Tc].[Tc].[Tc].[Tc]. The molecule has 0 heterocycles. The largest absolute Gasteiger partial charge is 0.103 e. The van der Waals surface area contributed by atoms with Crippen LogP contribution in [0.4, 0.5) is 0 Å². The van der Waals surface area contributed by atoms with Crippen molar-refractivity contribution in [1.29, 1.82) is 0 Å². The molecule has 0 aliphatic rings. The number of allylic oxidation sites excluding steroid dienone is 2. The van der Waals surface area contributed by atoms with E-state index in [4.69, 9.17) is 0 Å². The van der Waals surface area contributed by atoms with Crippen LogP contribution in [0.3, 0.4) is 0 Å². The zero-order valence-electron chi connectivity index (χ0n) is 18.5. The van der Waals surface area contributed by atoms with E-state index in [1.807, 2.05) is 96.9 Å². The summed E-state index contributed by atoms with van der Waals surface area (Å²) in [6, 6.07) is 0. The molecule has 0 atom stereocenters. The first kappa shape index (κ1) is 109. The molecule has 0 saturated carbocycles. The molecule has 0 amide bonds. The molecule has 0 nitrogen and oxygen atoms in total. The van der Waals surface area contributed by atoms with Crippen LogP contribution in [-0.4, -0.2) is 0 Å². The van der Waals surface area contributed by atoms with Gasteiger partial charge in [0.25, 0.3) is 0 Å². The fraction of sp³-hybridized carbons (Fsp3) is 0.789. The molecule has 0 aliphatic heterocycles. The third-order valence-electron chi connectivity index (χ3n) is 0. The molecule has 0 unspecified atom stereocenters. The summed E-state index contributed by atoms with van der Waals surface area (Å²) in [4.78, 5) is 0. The van der Waals surface area contributed by atoms with Crippen LogP contribution in [0.15, 0.2) is 25.3 Å². The van der Waals surface area contributed by atoms with Gasteiger partial charge in [0.2, 0.25) is 0 Å². The molecule has 0 aliphatic carbocycles. The second kappa shape index (κ2) is 685. The van der Waals surface area contributed by atoms with Crippen LogP contribution in [0.1, 0.15) is 104 Å². The minimum Gasteiger partial charge on any atom is -0.103 e. The van der Waals surface area contributed by atoms with Crippen molar-refractivity contribution in [2.24, 2.45) is 0 Å². The number of hydrogen-bond donors (Lipinski definition) is 0. The molecule has 5 heteroatoms. The molecule has 0 aromatic heterocycles. The second-order valence-electron chi connectivity index (χ2n) is 0.816. The van der Waals surface area contributed by atoms with Crippen LogP contribution in [-0.2, 0) is 103 Å². The summed E-state index contributed by atoms with van der Waals surface area (Å²) in [6.45, 7) is 34.5. The normalized spacial score (nSPS) is 2.58. The van der Waals surface area contributed by atoms with Gasteiger partial charge in [-0.25, -0.2) is 0 Å². The van der Waals surface area contributed by atoms with E-state index in [1.54, 1.807) is 12.2 Å². The van der Waals surface area contributed by atoms with Crippen LogP contribution in [0, 0.1) is 0 Å². The molecular weight excluding hydrogens is 801 g/mol. The predicted octanol–water partition coefficient (Wildman–Crippen LogP) is 9.17. The van der Waals surface area contributed by atoms with Gasteiger partial charge in [-0.2, -0.15) is 0 Å². The van der Waals surface area contributed by atoms with Gasteiger partial charge >= 0.3 is 0 Å². The topological polar surface area (TPSA) is 0 Å². The van der Waals surface area contributed by atoms with E-state index in [2.05, 4.69) is 13.2 Å². The van der Waals surface area contributed by atoms with Crippen molar-refractivity contribution < 1.29 is 103 Å². The average molecular weight is 854 g/mol. The Balaban J connectivity index is -0.00000000386. The van der Waals surface area contributed by atoms with E-state index in [1.165, 1.54) is 0 Å². The van der Waals surface area contributed by atoms with Crippen molar-refractivity contribution in [2.75, 3.05) is 0 Å². The zero-order chi connectivity index (χ0) is 17.4. The maximum atomic E-state index is 3.36. The van der Waals surface area contributed by atoms with Crippen LogP contribution in [0.2, 0.25) is 0 Å². The molecule has 0 aromatic rings. The van der Waals surface area contributed by atoms with Gasteiger partial charge in [0, 0.05) is 103 Å². The van der Waals surface area contributed by atoms with Crippen LogP contribution < -0.4 is 0 Å². The van der Waals surface area contributed by atoms with Crippen molar-refractivity contribution in [3.05, 3.63) is 25.3 Å². The molecule has 0 saturated heterocycles. The van der Waals surface area contributed by atoms with Gasteiger partial charge in [0.05, 0.1) is 0 Å². The number of rotatable bonds is 0. The summed E-state index contributed by atoms with van der Waals surface area (Å²) in [5, 5.41) is 0. The Morgan fingerprint density at radius 1 is 0.417 bits per heavy atom. The molecule has 0 N–H and O–H groups in total. The van der Waals surface area contributed by atoms with Crippen molar-refractivity contribution in [3.63, 3.8) is 0 Å². The Morgan fingerprint density at radius 3 is 0.417 bits per heavy atom. The van der Waals surface area contributed by atoms with E-state index in [-0.39, 0.29) is 110 Å². The quantitative estimate of drug-likeness (QED) is 0.214. The van der Waals surface area contributed by atoms with Crippen LogP contribution in [0.5, 0.6) is 0 Å². The molecule has 161 valence electrons. The third kappa shape index (κ3) is 1770. The minimum atomic E-state index is 0. The molecular formula is C19H52TaTc4. The zero-order valence-corrected chi connectivity index (χ0v) is 29.2. The smallest absolute Gasteiger partial charge is 0 e. The standard InChI is InChI=1S/2C3H6.6C2H6.CH4.Ta.4Tc/c2*1-3-2;6*1-2;;;;;;/h2*3H,1H2,2H3;6*1-2H3;1H4;;;;;. The Labute approximate surface area is 230 Å². The summed E-state index contributed by atoms with van der Waals surface area (Å²) in [7, 11) is 0. The fourth-order valence-corrected chi connectivity index (χ4v) is 0. The maximum absolute atomic E-state index is 3.36. The summed E-state index contributed by atoms with van der Waals surface area (Å²) < 4.78 is 0. The molecule has 5 radical (unpaired) electrons. The third-order valence-corrected chi connectivity index (χ3v) is 0. The van der Waals surface area contributed by atoms with E-state index >= 15 is 0 Å². The van der Waals surface area contributed by atoms with Crippen molar-refractivity contribution in [2.45, 2.75) is 104 Å². The van der Waals surface area contributed by atoms with E-state index in [0.29, 0.717) is 0 Å². The second-order valence-corrected chi connectivity index (χ2v) is 0.816. The predicted molar refractivity (Wildman–Crippen MR) is 107 cm³/mol. The first-order valence-corrected chi connectivity index (χ1v) is 7.97. The molecule has 0 aromatic carbocycles. The average Bonchev–Trinajstić information content (AvgIpc) is 2.52. The first-order chi connectivity index (χ1) is 8.83. The Morgan fingerprint density at radius 2 is 0.417 bits per heavy atom. The Bertz CT molecular complexity index is 42.3. The van der Waals surface area contributed by atoms with E-state index < -0.39 is 0 Å². The summed E-state index contributed by atoms with van der Waals surface area (Å²) in [6.07, 6.45) is 3.50. The molecule has 0 bridgehead atoms. The monoisotopic (exact) mass is 849 g/mol. The molecule has 0 rings (SSSR count). The van der Waals surface area contributed by atoms with Crippen LogP contribution >= 0.6 is 0 Å². The van der Waals surface area contributed by atoms with Gasteiger partial charge in [-0.05, 0) is 13.8 Å². The molecule has 0 spiro atoms. The van der Waals surface area contributed by atoms with Gasteiger partial charge in [0.15, 0.2) is 0 Å². The van der Waals surface area contributed by atoms with E-state index in [0.717, 1.165) is 0 Å². The van der Waals surface area contributed by atoms with Gasteiger partial charge < -0.3 is 0 Å². The Hall–Kier alpha value is 2.82. The Kier molecular flexibility index (Phi) is 3110. The van der Waals surface area contributed by atoms with Gasteiger partial charge in [0.1, 0.15) is 0 Å². The minimum absolute atomic E-state index is 0. The van der Waals surface area contributed by atoms with Gasteiger partial charge in [-0.15, -0.1) is 13.2 Å². The molecule has 0 fully saturated rings. The van der Waals surface area contributed by atoms with Crippen molar-refractivity contribution >= 4 is 0 Å². The summed E-state index contributed by atoms with van der Waals surface area (Å²) in [5.41, 5.74) is 0. The molecule has 24 heavy (non-hydrogen) atoms. The number of hydrogen-bond acceptors (Lipinski definition) is 0. The fourth-order valence-electron chi connectivity index (χ4n) is 0. The van der Waals surface area contributed by atoms with E-state index in [9.17, 15) is 0 Å². The summed E-state index contributed by atoms with van der Waals surface area (Å²) in [5.74, 6) is 0. The van der Waals surface area contributed by atoms with Crippen molar-refractivity contribution in [3.8, 4) is 0 Å². The van der Waals surface area contributed by atoms with Crippen molar-refractivity contribution in [1.82, 2.24) is 0 Å². The van der Waals surface area contributed by atoms with Gasteiger partial charge in [-0.3, -0.25) is 0 Å². The van der Waals surface area contributed by atoms with Gasteiger partial charge in [-0.1, -0.05) is 103 Å². The first-order valence-electron chi connectivity index (χ1n) is 7.97. The summed E-state index contributed by atoms with van der Waals surface area (Å²) >= 11 is 0. The van der Waals surface area contributed by atoms with Crippen LogP contribution in [0.25, 0.3) is 0 Å². The maximum Gasteiger partial charge on any atom is 0 e.